The van der Waals surface area contributed by atoms with E-state index in [9.17, 15) is 8.42 Å². The number of aromatic hydroxyl groups is 1. The quantitative estimate of drug-likeness (QED) is 0.711. The highest BCUT2D eigenvalue weighted by Crippen LogP contribution is 2.21. The molecule has 0 atom stereocenters. The van der Waals surface area contributed by atoms with Crippen molar-refractivity contribution in [1.82, 2.24) is 0 Å². The number of phenols is 1. The molecule has 0 saturated carbocycles. The Kier molecular flexibility index (Phi) is 2.27. The molecule has 1 rings (SSSR count). The van der Waals surface area contributed by atoms with E-state index in [0.29, 0.717) is 0 Å². The van der Waals surface area contributed by atoms with Crippen LogP contribution in [0.2, 0.25) is 5.02 Å². The summed E-state index contributed by atoms with van der Waals surface area (Å²) in [6, 6.07) is 3.41. The number of hydrogen-bond acceptors (Lipinski definition) is 3. The lowest BCUT2D eigenvalue weighted by Crippen LogP contribution is -2.11. The molecule has 0 aliphatic rings. The zero-order valence-corrected chi connectivity index (χ0v) is 7.43. The summed E-state index contributed by atoms with van der Waals surface area (Å²) in [6.07, 6.45) is 0. The lowest BCUT2D eigenvalue weighted by Gasteiger charge is -1.99. The van der Waals surface area contributed by atoms with E-state index in [1.165, 1.54) is 6.07 Å². The first-order valence-electron chi connectivity index (χ1n) is 2.92. The maximum absolute atomic E-state index is 10.7. The molecular formula is C6H6ClNO3S. The maximum atomic E-state index is 10.7. The number of phenolic OH excluding ortho intramolecular Hbond substituents is 1. The summed E-state index contributed by atoms with van der Waals surface area (Å²) >= 11 is 5.48. The van der Waals surface area contributed by atoms with Crippen molar-refractivity contribution < 1.29 is 13.5 Å². The van der Waals surface area contributed by atoms with Gasteiger partial charge in [0.2, 0.25) is 10.0 Å². The van der Waals surface area contributed by atoms with Gasteiger partial charge in [-0.2, -0.15) is 0 Å². The van der Waals surface area contributed by atoms with E-state index in [1.807, 2.05) is 0 Å². The molecule has 1 aromatic carbocycles. The van der Waals surface area contributed by atoms with Crippen LogP contribution in [0.5, 0.6) is 5.75 Å². The number of primary sulfonamides is 1. The molecule has 12 heavy (non-hydrogen) atoms. The number of sulfonamides is 1. The van der Waals surface area contributed by atoms with Gasteiger partial charge in [-0.15, -0.1) is 0 Å². The fourth-order valence-corrected chi connectivity index (χ4v) is 1.58. The van der Waals surface area contributed by atoms with Gasteiger partial charge in [0.15, 0.2) is 0 Å². The van der Waals surface area contributed by atoms with Gasteiger partial charge in [-0.1, -0.05) is 11.6 Å². The van der Waals surface area contributed by atoms with Gasteiger partial charge in [-0.25, -0.2) is 13.6 Å². The number of nitrogens with two attached hydrogens (primary N) is 1. The van der Waals surface area contributed by atoms with Crippen LogP contribution in [-0.4, -0.2) is 13.5 Å². The van der Waals surface area contributed by atoms with E-state index in [0.717, 1.165) is 12.1 Å². The zero-order valence-electron chi connectivity index (χ0n) is 5.86. The Labute approximate surface area is 74.6 Å². The van der Waals surface area contributed by atoms with Crippen LogP contribution in [0.1, 0.15) is 0 Å². The van der Waals surface area contributed by atoms with Crippen molar-refractivity contribution in [2.24, 2.45) is 5.14 Å². The molecule has 0 spiro atoms. The van der Waals surface area contributed by atoms with Crippen molar-refractivity contribution in [3.05, 3.63) is 23.2 Å². The lowest BCUT2D eigenvalue weighted by atomic mass is 10.3. The molecule has 0 bridgehead atoms. The Morgan fingerprint density at radius 2 is 1.92 bits per heavy atom. The zero-order chi connectivity index (χ0) is 9.35. The molecule has 0 aliphatic heterocycles. The predicted molar refractivity (Wildman–Crippen MR) is 44.5 cm³/mol. The van der Waals surface area contributed by atoms with Crippen LogP contribution >= 0.6 is 11.6 Å². The van der Waals surface area contributed by atoms with Crippen LogP contribution < -0.4 is 5.14 Å². The van der Waals surface area contributed by atoms with Crippen LogP contribution in [0.4, 0.5) is 0 Å². The minimum absolute atomic E-state index is 0.124. The van der Waals surface area contributed by atoms with E-state index in [-0.39, 0.29) is 15.7 Å². The normalized spacial score (nSPS) is 11.5. The van der Waals surface area contributed by atoms with Gasteiger partial charge in [0.1, 0.15) is 5.75 Å². The molecule has 0 aromatic heterocycles. The maximum Gasteiger partial charge on any atom is 0.238 e. The first-order valence-corrected chi connectivity index (χ1v) is 4.84. The lowest BCUT2D eigenvalue weighted by molar-refractivity contribution is 0.473. The van der Waals surface area contributed by atoms with Crippen LogP contribution in [0, 0.1) is 0 Å². The highest BCUT2D eigenvalue weighted by atomic mass is 35.5. The standard InChI is InChI=1S/C6H6ClNO3S/c7-4-1-5(9)3-6(2-4)12(8,10)11/h1-3,9H,(H2,8,10,11). The molecule has 6 heteroatoms. The van der Waals surface area contributed by atoms with Crippen molar-refractivity contribution in [1.29, 1.82) is 0 Å². The second kappa shape index (κ2) is 2.93. The Morgan fingerprint density at radius 1 is 1.33 bits per heavy atom. The van der Waals surface area contributed by atoms with Crippen LogP contribution in [0.25, 0.3) is 0 Å². The molecule has 1 aromatic rings. The Hall–Kier alpha value is -0.780. The van der Waals surface area contributed by atoms with Gasteiger partial charge in [-0.3, -0.25) is 0 Å². The summed E-state index contributed by atoms with van der Waals surface area (Å²) in [5.74, 6) is -0.230. The van der Waals surface area contributed by atoms with Crippen molar-refractivity contribution in [3.63, 3.8) is 0 Å². The second-order valence-electron chi connectivity index (χ2n) is 2.19. The Morgan fingerprint density at radius 3 is 2.33 bits per heavy atom. The van der Waals surface area contributed by atoms with E-state index in [2.05, 4.69) is 0 Å². The molecule has 3 N–H and O–H groups in total. The highest BCUT2D eigenvalue weighted by Gasteiger charge is 2.09. The number of rotatable bonds is 1. The Bertz CT molecular complexity index is 381. The molecule has 0 unspecified atom stereocenters. The van der Waals surface area contributed by atoms with Gasteiger partial charge < -0.3 is 5.11 Å². The minimum atomic E-state index is -3.79. The van der Waals surface area contributed by atoms with Gasteiger partial charge >= 0.3 is 0 Å². The van der Waals surface area contributed by atoms with Gasteiger partial charge in [-0.05, 0) is 18.2 Å². The summed E-state index contributed by atoms with van der Waals surface area (Å²) < 4.78 is 21.5. The third kappa shape index (κ3) is 2.10. The van der Waals surface area contributed by atoms with Crippen molar-refractivity contribution >= 4 is 21.6 Å². The molecule has 0 fully saturated rings. The van der Waals surface area contributed by atoms with Crippen molar-refractivity contribution in [3.8, 4) is 5.75 Å². The molecule has 0 heterocycles. The summed E-state index contributed by atoms with van der Waals surface area (Å²) in [7, 11) is -3.79. The van der Waals surface area contributed by atoms with Gasteiger partial charge in [0, 0.05) is 5.02 Å². The molecule has 66 valence electrons. The van der Waals surface area contributed by atoms with Crippen LogP contribution in [-0.2, 0) is 10.0 Å². The topological polar surface area (TPSA) is 80.4 Å². The average Bonchev–Trinajstić information content (AvgIpc) is 1.82. The molecule has 0 saturated heterocycles. The molecule has 0 radical (unpaired) electrons. The second-order valence-corrected chi connectivity index (χ2v) is 4.19. The van der Waals surface area contributed by atoms with E-state index < -0.39 is 10.0 Å². The largest absolute Gasteiger partial charge is 0.508 e. The summed E-state index contributed by atoms with van der Waals surface area (Å²) in [6.45, 7) is 0. The minimum Gasteiger partial charge on any atom is -0.508 e. The fraction of sp³-hybridized carbons (Fsp3) is 0. The van der Waals surface area contributed by atoms with Crippen molar-refractivity contribution in [2.75, 3.05) is 0 Å². The number of halogens is 1. The average molecular weight is 208 g/mol. The van der Waals surface area contributed by atoms with Crippen LogP contribution in [0.3, 0.4) is 0 Å². The summed E-state index contributed by atoms with van der Waals surface area (Å²) in [5.41, 5.74) is 0. The predicted octanol–water partition coefficient (Wildman–Crippen LogP) is 0.693. The summed E-state index contributed by atoms with van der Waals surface area (Å²) in [4.78, 5) is -0.201. The fourth-order valence-electron chi connectivity index (χ4n) is 0.712. The first kappa shape index (κ1) is 9.31. The smallest absolute Gasteiger partial charge is 0.238 e. The Balaban J connectivity index is 3.37. The monoisotopic (exact) mass is 207 g/mol. The third-order valence-electron chi connectivity index (χ3n) is 1.18. The number of benzene rings is 1. The van der Waals surface area contributed by atoms with Crippen LogP contribution in [0.15, 0.2) is 23.1 Å². The number of hydrogen-bond donors (Lipinski definition) is 2. The highest BCUT2D eigenvalue weighted by molar-refractivity contribution is 7.89. The molecule has 0 aliphatic carbocycles. The summed E-state index contributed by atoms with van der Waals surface area (Å²) in [5, 5.41) is 13.9. The van der Waals surface area contributed by atoms with Crippen molar-refractivity contribution in [2.45, 2.75) is 4.90 Å². The third-order valence-corrected chi connectivity index (χ3v) is 2.30. The SMILES string of the molecule is NS(=O)(=O)c1cc(O)cc(Cl)c1. The van der Waals surface area contributed by atoms with E-state index in [4.69, 9.17) is 21.8 Å². The molecular weight excluding hydrogens is 202 g/mol. The molecule has 4 nitrogen and oxygen atoms in total. The molecule has 0 amide bonds. The van der Waals surface area contributed by atoms with E-state index in [1.54, 1.807) is 0 Å². The first-order chi connectivity index (χ1) is 5.39. The van der Waals surface area contributed by atoms with E-state index >= 15 is 0 Å². The van der Waals surface area contributed by atoms with Gasteiger partial charge in [0.05, 0.1) is 4.90 Å². The van der Waals surface area contributed by atoms with Gasteiger partial charge in [0.25, 0.3) is 0 Å².